The van der Waals surface area contributed by atoms with E-state index in [0.29, 0.717) is 12.6 Å². The van der Waals surface area contributed by atoms with E-state index in [1.165, 1.54) is 5.56 Å². The van der Waals surface area contributed by atoms with Gasteiger partial charge in [-0.15, -0.1) is 0 Å². The van der Waals surface area contributed by atoms with Gasteiger partial charge in [-0.2, -0.15) is 0 Å². The minimum Gasteiger partial charge on any atom is -0.341 e. The molecule has 2 N–H and O–H groups in total. The summed E-state index contributed by atoms with van der Waals surface area (Å²) in [5, 5.41) is 5.35. The number of carbonyl (C=O) groups is 1. The third-order valence-corrected chi connectivity index (χ3v) is 2.81. The average Bonchev–Trinajstić information content (AvgIpc) is 2.36. The van der Waals surface area contributed by atoms with Gasteiger partial charge in [0.15, 0.2) is 0 Å². The number of hydrogen-bond acceptors (Lipinski definition) is 2. The Kier molecular flexibility index (Phi) is 5.49. The van der Waals surface area contributed by atoms with Gasteiger partial charge in [0.25, 0.3) is 0 Å². The molecule has 0 heterocycles. The minimum absolute atomic E-state index is 0.134. The first-order valence-corrected chi connectivity index (χ1v) is 5.83. The van der Waals surface area contributed by atoms with E-state index >= 15 is 0 Å². The van der Waals surface area contributed by atoms with Gasteiger partial charge in [-0.1, -0.05) is 30.3 Å². The number of carbonyl (C=O) groups excluding carboxylic acids is 1. The van der Waals surface area contributed by atoms with E-state index in [2.05, 4.69) is 41.6 Å². The molecular formula is C13H21N3O. The van der Waals surface area contributed by atoms with E-state index in [1.807, 2.05) is 18.2 Å². The molecule has 94 valence electrons. The molecule has 0 fully saturated rings. The first-order chi connectivity index (χ1) is 8.13. The van der Waals surface area contributed by atoms with Crippen LogP contribution in [0.3, 0.4) is 0 Å². The van der Waals surface area contributed by atoms with Gasteiger partial charge >= 0.3 is 6.03 Å². The van der Waals surface area contributed by atoms with Crippen LogP contribution in [0, 0.1) is 0 Å². The van der Waals surface area contributed by atoms with Crippen LogP contribution in [0.25, 0.3) is 0 Å². The SMILES string of the molecule is CNC(=O)NCC(C)N(C)Cc1ccccc1. The van der Waals surface area contributed by atoms with Gasteiger partial charge in [0.1, 0.15) is 0 Å². The summed E-state index contributed by atoms with van der Waals surface area (Å²) >= 11 is 0. The molecule has 0 spiro atoms. The smallest absolute Gasteiger partial charge is 0.314 e. The first kappa shape index (κ1) is 13.5. The lowest BCUT2D eigenvalue weighted by Gasteiger charge is -2.24. The molecule has 0 saturated carbocycles. The second kappa shape index (κ2) is 6.91. The fraction of sp³-hybridized carbons (Fsp3) is 0.462. The Morgan fingerprint density at radius 2 is 2.00 bits per heavy atom. The van der Waals surface area contributed by atoms with Crippen molar-refractivity contribution in [2.45, 2.75) is 19.5 Å². The van der Waals surface area contributed by atoms with Crippen LogP contribution in [0.4, 0.5) is 4.79 Å². The van der Waals surface area contributed by atoms with Crippen molar-refractivity contribution in [2.75, 3.05) is 20.6 Å². The van der Waals surface area contributed by atoms with Crippen LogP contribution in [-0.4, -0.2) is 37.6 Å². The van der Waals surface area contributed by atoms with Crippen molar-refractivity contribution in [3.8, 4) is 0 Å². The Bertz CT molecular complexity index is 340. The summed E-state index contributed by atoms with van der Waals surface area (Å²) in [4.78, 5) is 13.3. The van der Waals surface area contributed by atoms with Crippen LogP contribution in [0.2, 0.25) is 0 Å². The Morgan fingerprint density at radius 3 is 2.59 bits per heavy atom. The highest BCUT2D eigenvalue weighted by Gasteiger charge is 2.10. The van der Waals surface area contributed by atoms with E-state index in [1.54, 1.807) is 7.05 Å². The maximum absolute atomic E-state index is 11.1. The summed E-state index contributed by atoms with van der Waals surface area (Å²) in [6, 6.07) is 10.5. The van der Waals surface area contributed by atoms with Crippen molar-refractivity contribution in [1.82, 2.24) is 15.5 Å². The predicted molar refractivity (Wildman–Crippen MR) is 69.8 cm³/mol. The molecule has 4 nitrogen and oxygen atoms in total. The molecule has 1 unspecified atom stereocenters. The fourth-order valence-corrected chi connectivity index (χ4v) is 1.51. The topological polar surface area (TPSA) is 44.4 Å². The number of urea groups is 1. The molecule has 0 saturated heterocycles. The van der Waals surface area contributed by atoms with Gasteiger partial charge in [0.05, 0.1) is 0 Å². The highest BCUT2D eigenvalue weighted by atomic mass is 16.2. The van der Waals surface area contributed by atoms with Crippen LogP contribution in [0.15, 0.2) is 30.3 Å². The van der Waals surface area contributed by atoms with Crippen molar-refractivity contribution in [3.05, 3.63) is 35.9 Å². The number of amides is 2. The third-order valence-electron chi connectivity index (χ3n) is 2.81. The van der Waals surface area contributed by atoms with E-state index in [-0.39, 0.29) is 6.03 Å². The summed E-state index contributed by atoms with van der Waals surface area (Å²) in [6.45, 7) is 3.62. The zero-order chi connectivity index (χ0) is 12.7. The summed E-state index contributed by atoms with van der Waals surface area (Å²) in [7, 11) is 3.68. The van der Waals surface area contributed by atoms with Gasteiger partial charge in [-0.3, -0.25) is 4.90 Å². The summed E-state index contributed by atoms with van der Waals surface area (Å²) in [5.41, 5.74) is 1.28. The molecule has 1 rings (SSSR count). The molecule has 1 atom stereocenters. The quantitative estimate of drug-likeness (QED) is 0.811. The van der Waals surface area contributed by atoms with Gasteiger partial charge in [0.2, 0.25) is 0 Å². The molecular weight excluding hydrogens is 214 g/mol. The molecule has 2 amide bonds. The molecule has 0 aliphatic rings. The molecule has 4 heteroatoms. The molecule has 1 aromatic rings. The second-order valence-electron chi connectivity index (χ2n) is 4.21. The van der Waals surface area contributed by atoms with Crippen LogP contribution < -0.4 is 10.6 Å². The number of benzene rings is 1. The Labute approximate surface area is 103 Å². The average molecular weight is 235 g/mol. The lowest BCUT2D eigenvalue weighted by atomic mass is 10.2. The van der Waals surface area contributed by atoms with Gasteiger partial charge < -0.3 is 10.6 Å². The second-order valence-corrected chi connectivity index (χ2v) is 4.21. The lowest BCUT2D eigenvalue weighted by molar-refractivity contribution is 0.224. The predicted octanol–water partition coefficient (Wildman–Crippen LogP) is 1.44. The first-order valence-electron chi connectivity index (χ1n) is 5.83. The number of rotatable bonds is 5. The minimum atomic E-state index is -0.134. The highest BCUT2D eigenvalue weighted by Crippen LogP contribution is 2.05. The maximum atomic E-state index is 11.1. The fourth-order valence-electron chi connectivity index (χ4n) is 1.51. The third kappa shape index (κ3) is 4.87. The molecule has 0 aromatic heterocycles. The standard InChI is InChI=1S/C13H21N3O/c1-11(9-15-13(17)14-2)16(3)10-12-7-5-4-6-8-12/h4-8,11H,9-10H2,1-3H3,(H2,14,15,17). The van der Waals surface area contributed by atoms with E-state index in [0.717, 1.165) is 6.54 Å². The monoisotopic (exact) mass is 235 g/mol. The van der Waals surface area contributed by atoms with Crippen molar-refractivity contribution in [3.63, 3.8) is 0 Å². The molecule has 17 heavy (non-hydrogen) atoms. The number of nitrogens with zero attached hydrogens (tertiary/aromatic N) is 1. The highest BCUT2D eigenvalue weighted by molar-refractivity contribution is 5.73. The van der Waals surface area contributed by atoms with Crippen LogP contribution in [0.5, 0.6) is 0 Å². The van der Waals surface area contributed by atoms with E-state index in [9.17, 15) is 4.79 Å². The largest absolute Gasteiger partial charge is 0.341 e. The van der Waals surface area contributed by atoms with E-state index < -0.39 is 0 Å². The van der Waals surface area contributed by atoms with Crippen molar-refractivity contribution in [1.29, 1.82) is 0 Å². The summed E-state index contributed by atoms with van der Waals surface area (Å²) in [5.74, 6) is 0. The Balaban J connectivity index is 2.37. The van der Waals surface area contributed by atoms with E-state index in [4.69, 9.17) is 0 Å². The Morgan fingerprint density at radius 1 is 1.35 bits per heavy atom. The number of likely N-dealkylation sites (N-methyl/N-ethyl adjacent to an activating group) is 1. The Hall–Kier alpha value is -1.55. The van der Waals surface area contributed by atoms with Gasteiger partial charge in [0, 0.05) is 26.2 Å². The zero-order valence-corrected chi connectivity index (χ0v) is 10.7. The molecule has 0 aliphatic carbocycles. The molecule has 1 aromatic carbocycles. The van der Waals surface area contributed by atoms with Gasteiger partial charge in [-0.05, 0) is 19.5 Å². The normalized spacial score (nSPS) is 12.2. The molecule has 0 bridgehead atoms. The van der Waals surface area contributed by atoms with Crippen LogP contribution >= 0.6 is 0 Å². The summed E-state index contributed by atoms with van der Waals surface area (Å²) < 4.78 is 0. The van der Waals surface area contributed by atoms with Crippen molar-refractivity contribution < 1.29 is 4.79 Å². The number of nitrogens with one attached hydrogen (secondary N) is 2. The zero-order valence-electron chi connectivity index (χ0n) is 10.7. The van der Waals surface area contributed by atoms with Crippen molar-refractivity contribution >= 4 is 6.03 Å². The molecule has 0 aliphatic heterocycles. The van der Waals surface area contributed by atoms with Crippen molar-refractivity contribution in [2.24, 2.45) is 0 Å². The van der Waals surface area contributed by atoms with Crippen LogP contribution in [-0.2, 0) is 6.54 Å². The number of hydrogen-bond donors (Lipinski definition) is 2. The van der Waals surface area contributed by atoms with Gasteiger partial charge in [-0.25, -0.2) is 4.79 Å². The van der Waals surface area contributed by atoms with Crippen LogP contribution in [0.1, 0.15) is 12.5 Å². The maximum Gasteiger partial charge on any atom is 0.314 e. The summed E-state index contributed by atoms with van der Waals surface area (Å²) in [6.07, 6.45) is 0. The lowest BCUT2D eigenvalue weighted by Crippen LogP contribution is -2.42. The molecule has 0 radical (unpaired) electrons.